The van der Waals surface area contributed by atoms with Crippen molar-refractivity contribution in [2.45, 2.75) is 25.5 Å². The molecular formula is C13H20FNO3. The van der Waals surface area contributed by atoms with Gasteiger partial charge in [0.15, 0.2) is 0 Å². The van der Waals surface area contributed by atoms with Crippen LogP contribution in [0.5, 0.6) is 5.75 Å². The van der Waals surface area contributed by atoms with Gasteiger partial charge in [0.1, 0.15) is 11.6 Å². The van der Waals surface area contributed by atoms with Crippen LogP contribution in [0, 0.1) is 5.82 Å². The summed E-state index contributed by atoms with van der Waals surface area (Å²) < 4.78 is 17.9. The lowest BCUT2D eigenvalue weighted by atomic mass is 10.1. The van der Waals surface area contributed by atoms with Gasteiger partial charge in [0, 0.05) is 18.7 Å². The standard InChI is InChI=1S/C13H20FNO3/c1-9(15-6-5-11(16)8-18-2)12-7-10(14)3-4-13(12)17/h3-4,7,9,11,15-17H,5-6,8H2,1-2H3. The Labute approximate surface area is 106 Å². The molecule has 0 saturated heterocycles. The fourth-order valence-corrected chi connectivity index (χ4v) is 1.72. The van der Waals surface area contributed by atoms with Gasteiger partial charge in [0.25, 0.3) is 0 Å². The zero-order chi connectivity index (χ0) is 13.5. The van der Waals surface area contributed by atoms with Crippen molar-refractivity contribution in [3.63, 3.8) is 0 Å². The Morgan fingerprint density at radius 3 is 2.83 bits per heavy atom. The van der Waals surface area contributed by atoms with Crippen molar-refractivity contribution in [1.82, 2.24) is 5.32 Å². The molecule has 1 rings (SSSR count). The minimum Gasteiger partial charge on any atom is -0.508 e. The number of halogens is 1. The Bertz CT molecular complexity index is 373. The van der Waals surface area contributed by atoms with Gasteiger partial charge in [-0.3, -0.25) is 0 Å². The molecule has 0 heterocycles. The van der Waals surface area contributed by atoms with Crippen LogP contribution >= 0.6 is 0 Å². The second-order valence-electron chi connectivity index (χ2n) is 4.28. The van der Waals surface area contributed by atoms with Gasteiger partial charge in [-0.2, -0.15) is 0 Å². The number of nitrogens with one attached hydrogen (secondary N) is 1. The molecule has 1 aromatic carbocycles. The van der Waals surface area contributed by atoms with E-state index in [1.807, 2.05) is 6.92 Å². The molecular weight excluding hydrogens is 237 g/mol. The number of hydrogen-bond donors (Lipinski definition) is 3. The summed E-state index contributed by atoms with van der Waals surface area (Å²) in [5.41, 5.74) is 0.510. The Morgan fingerprint density at radius 2 is 2.17 bits per heavy atom. The van der Waals surface area contributed by atoms with Crippen LogP contribution in [0.4, 0.5) is 4.39 Å². The summed E-state index contributed by atoms with van der Waals surface area (Å²) in [5, 5.41) is 22.2. The number of phenolic OH excluding ortho intramolecular Hbond substituents is 1. The number of ether oxygens (including phenoxy) is 1. The summed E-state index contributed by atoms with van der Waals surface area (Å²) in [6.45, 7) is 2.68. The Morgan fingerprint density at radius 1 is 1.44 bits per heavy atom. The highest BCUT2D eigenvalue weighted by Gasteiger charge is 2.11. The summed E-state index contributed by atoms with van der Waals surface area (Å²) in [6.07, 6.45) is 0.0182. The van der Waals surface area contributed by atoms with Crippen molar-refractivity contribution in [3.8, 4) is 5.75 Å². The molecule has 0 aliphatic rings. The van der Waals surface area contributed by atoms with E-state index in [-0.39, 0.29) is 17.6 Å². The van der Waals surface area contributed by atoms with Gasteiger partial charge >= 0.3 is 0 Å². The van der Waals surface area contributed by atoms with Gasteiger partial charge in [0.05, 0.1) is 12.7 Å². The van der Waals surface area contributed by atoms with Gasteiger partial charge in [-0.05, 0) is 38.1 Å². The van der Waals surface area contributed by atoms with Crippen LogP contribution in [0.25, 0.3) is 0 Å². The highest BCUT2D eigenvalue weighted by Crippen LogP contribution is 2.24. The maximum absolute atomic E-state index is 13.1. The van der Waals surface area contributed by atoms with Crippen molar-refractivity contribution in [2.24, 2.45) is 0 Å². The summed E-state index contributed by atoms with van der Waals surface area (Å²) in [4.78, 5) is 0. The molecule has 0 fully saturated rings. The third kappa shape index (κ3) is 4.60. The van der Waals surface area contributed by atoms with Crippen molar-refractivity contribution in [2.75, 3.05) is 20.3 Å². The van der Waals surface area contributed by atoms with Gasteiger partial charge in [-0.25, -0.2) is 4.39 Å². The van der Waals surface area contributed by atoms with E-state index in [1.54, 1.807) is 0 Å². The summed E-state index contributed by atoms with van der Waals surface area (Å²) in [5.74, 6) is -0.315. The Kier molecular flexibility index (Phi) is 6.04. The van der Waals surface area contributed by atoms with E-state index in [0.29, 0.717) is 25.1 Å². The molecule has 4 nitrogen and oxygen atoms in total. The lowest BCUT2D eigenvalue weighted by Gasteiger charge is -2.17. The van der Waals surface area contributed by atoms with Crippen molar-refractivity contribution in [3.05, 3.63) is 29.6 Å². The van der Waals surface area contributed by atoms with Crippen molar-refractivity contribution in [1.29, 1.82) is 0 Å². The Balaban J connectivity index is 2.45. The molecule has 0 aliphatic carbocycles. The van der Waals surface area contributed by atoms with Gasteiger partial charge < -0.3 is 20.3 Å². The zero-order valence-corrected chi connectivity index (χ0v) is 10.7. The van der Waals surface area contributed by atoms with E-state index in [9.17, 15) is 14.6 Å². The SMILES string of the molecule is COCC(O)CCNC(C)c1cc(F)ccc1O. The fourth-order valence-electron chi connectivity index (χ4n) is 1.72. The number of aliphatic hydroxyl groups excluding tert-OH is 1. The first-order valence-corrected chi connectivity index (χ1v) is 5.93. The average Bonchev–Trinajstić information content (AvgIpc) is 2.32. The monoisotopic (exact) mass is 257 g/mol. The van der Waals surface area contributed by atoms with E-state index in [2.05, 4.69) is 5.32 Å². The molecule has 0 aromatic heterocycles. The first-order valence-electron chi connectivity index (χ1n) is 5.93. The highest BCUT2D eigenvalue weighted by atomic mass is 19.1. The number of aromatic hydroxyl groups is 1. The molecule has 0 aliphatic heterocycles. The van der Waals surface area contributed by atoms with E-state index in [1.165, 1.54) is 25.3 Å². The lowest BCUT2D eigenvalue weighted by molar-refractivity contribution is 0.0590. The van der Waals surface area contributed by atoms with E-state index < -0.39 is 6.10 Å². The number of benzene rings is 1. The number of methoxy groups -OCH3 is 1. The maximum Gasteiger partial charge on any atom is 0.123 e. The number of rotatable bonds is 7. The number of hydrogen-bond acceptors (Lipinski definition) is 4. The van der Waals surface area contributed by atoms with Crippen LogP contribution in [-0.2, 0) is 4.74 Å². The van der Waals surface area contributed by atoms with Crippen LogP contribution in [0.3, 0.4) is 0 Å². The third-order valence-corrected chi connectivity index (χ3v) is 2.74. The maximum atomic E-state index is 13.1. The zero-order valence-electron chi connectivity index (χ0n) is 10.7. The van der Waals surface area contributed by atoms with Crippen LogP contribution in [0.2, 0.25) is 0 Å². The molecule has 5 heteroatoms. The van der Waals surface area contributed by atoms with Gasteiger partial charge in [-0.1, -0.05) is 0 Å². The Hall–Kier alpha value is -1.17. The minimum absolute atomic E-state index is 0.0637. The normalized spacial score (nSPS) is 14.4. The molecule has 3 N–H and O–H groups in total. The molecule has 0 saturated carbocycles. The first kappa shape index (κ1) is 14.9. The topological polar surface area (TPSA) is 61.7 Å². The second kappa shape index (κ2) is 7.31. The lowest BCUT2D eigenvalue weighted by Crippen LogP contribution is -2.25. The molecule has 0 amide bonds. The largest absolute Gasteiger partial charge is 0.508 e. The van der Waals surface area contributed by atoms with Crippen LogP contribution in [0.15, 0.2) is 18.2 Å². The predicted octanol–water partition coefficient (Wildman–Crippen LogP) is 1.58. The first-order chi connectivity index (χ1) is 8.54. The molecule has 0 bridgehead atoms. The average molecular weight is 257 g/mol. The van der Waals surface area contributed by atoms with Crippen molar-refractivity contribution >= 4 is 0 Å². The molecule has 0 radical (unpaired) electrons. The minimum atomic E-state index is -0.518. The second-order valence-corrected chi connectivity index (χ2v) is 4.28. The molecule has 0 spiro atoms. The fraction of sp³-hybridized carbons (Fsp3) is 0.538. The van der Waals surface area contributed by atoms with Crippen LogP contribution < -0.4 is 5.32 Å². The highest BCUT2D eigenvalue weighted by molar-refractivity contribution is 5.34. The summed E-state index contributed by atoms with van der Waals surface area (Å²) in [7, 11) is 1.53. The molecule has 1 aromatic rings. The summed E-state index contributed by atoms with van der Waals surface area (Å²) >= 11 is 0. The number of aliphatic hydroxyl groups is 1. The quantitative estimate of drug-likeness (QED) is 0.694. The molecule has 2 unspecified atom stereocenters. The van der Waals surface area contributed by atoms with Crippen LogP contribution in [0.1, 0.15) is 24.9 Å². The smallest absolute Gasteiger partial charge is 0.123 e. The predicted molar refractivity (Wildman–Crippen MR) is 67.0 cm³/mol. The van der Waals surface area contributed by atoms with E-state index in [0.717, 1.165) is 0 Å². The van der Waals surface area contributed by atoms with E-state index >= 15 is 0 Å². The summed E-state index contributed by atoms with van der Waals surface area (Å²) in [6, 6.07) is 3.67. The molecule has 18 heavy (non-hydrogen) atoms. The molecule has 2 atom stereocenters. The third-order valence-electron chi connectivity index (χ3n) is 2.74. The van der Waals surface area contributed by atoms with Gasteiger partial charge in [-0.15, -0.1) is 0 Å². The van der Waals surface area contributed by atoms with Crippen molar-refractivity contribution < 1.29 is 19.3 Å². The van der Waals surface area contributed by atoms with E-state index in [4.69, 9.17) is 4.74 Å². The van der Waals surface area contributed by atoms with Gasteiger partial charge in [0.2, 0.25) is 0 Å². The van der Waals surface area contributed by atoms with Crippen LogP contribution in [-0.4, -0.2) is 36.6 Å². The molecule has 102 valence electrons. The number of phenols is 1.